The molecule has 12 heavy (non-hydrogen) atoms. The fourth-order valence-electron chi connectivity index (χ4n) is 0.563. The number of benzene rings is 1. The Bertz CT molecular complexity index is 388. The van der Waals surface area contributed by atoms with E-state index in [2.05, 4.69) is 31.9 Å². The summed E-state index contributed by atoms with van der Waals surface area (Å²) in [7, 11) is 0. The first-order chi connectivity index (χ1) is 6.68. The summed E-state index contributed by atoms with van der Waals surface area (Å²) < 4.78 is 58.5. The van der Waals surface area contributed by atoms with Gasteiger partial charge < -0.3 is 0 Å². The van der Waals surface area contributed by atoms with Crippen LogP contribution in [0.5, 0.6) is 0 Å². The van der Waals surface area contributed by atoms with Gasteiger partial charge in [-0.25, -0.2) is 0 Å². The standard InChI is InChI=1S/C7H3Br2F3/c8-5-3-1-2-4(6(5)9)7(10,11)12/h1-3H/i1D,2D,3D. The number of rotatable bonds is 0. The fraction of sp³-hybridized carbons (Fsp3) is 0.143. The number of hydrogen-bond donors (Lipinski definition) is 0. The Balaban J connectivity index is 3.68. The molecule has 5 heteroatoms. The normalized spacial score (nSPS) is 15.2. The molecule has 0 bridgehead atoms. The zero-order valence-electron chi connectivity index (χ0n) is 8.39. The highest BCUT2D eigenvalue weighted by atomic mass is 79.9. The van der Waals surface area contributed by atoms with Gasteiger partial charge in [-0.3, -0.25) is 0 Å². The molecule has 0 unspecified atom stereocenters. The molecule has 66 valence electrons. The Kier molecular flexibility index (Phi) is 1.81. The average molecular weight is 307 g/mol. The van der Waals surface area contributed by atoms with Gasteiger partial charge in [-0.1, -0.05) is 6.04 Å². The van der Waals surface area contributed by atoms with Crippen LogP contribution in [0.15, 0.2) is 27.1 Å². The summed E-state index contributed by atoms with van der Waals surface area (Å²) in [6.45, 7) is 0. The Morgan fingerprint density at radius 3 is 2.33 bits per heavy atom. The van der Waals surface area contributed by atoms with Gasteiger partial charge in [0.1, 0.15) is 0 Å². The fourth-order valence-corrected chi connectivity index (χ4v) is 1.28. The largest absolute Gasteiger partial charge is 0.417 e. The van der Waals surface area contributed by atoms with Crippen LogP contribution in [-0.4, -0.2) is 0 Å². The molecule has 0 aromatic heterocycles. The molecule has 0 spiro atoms. The first-order valence-corrected chi connectivity index (χ1v) is 4.28. The van der Waals surface area contributed by atoms with Crippen molar-refractivity contribution in [3.05, 3.63) is 32.6 Å². The zero-order valence-corrected chi connectivity index (χ0v) is 8.56. The lowest BCUT2D eigenvalue weighted by Gasteiger charge is -2.09. The van der Waals surface area contributed by atoms with Gasteiger partial charge in [-0.05, 0) is 43.9 Å². The highest BCUT2D eigenvalue weighted by Crippen LogP contribution is 2.37. The Labute approximate surface area is 88.2 Å². The van der Waals surface area contributed by atoms with E-state index >= 15 is 0 Å². The molecule has 0 aliphatic heterocycles. The first-order valence-electron chi connectivity index (χ1n) is 4.19. The molecule has 0 N–H and O–H groups in total. The molecule has 0 fully saturated rings. The minimum Gasteiger partial charge on any atom is -0.166 e. The van der Waals surface area contributed by atoms with Crippen LogP contribution < -0.4 is 0 Å². The second kappa shape index (κ2) is 3.38. The van der Waals surface area contributed by atoms with E-state index in [0.717, 1.165) is 0 Å². The SMILES string of the molecule is [2H]c1c([2H])c(Br)c(Br)c(C(F)(F)F)c1[2H]. The van der Waals surface area contributed by atoms with Crippen LogP contribution in [0, 0.1) is 0 Å². The Morgan fingerprint density at radius 2 is 1.83 bits per heavy atom. The molecule has 0 saturated carbocycles. The van der Waals surface area contributed by atoms with Crippen LogP contribution in [0.1, 0.15) is 9.68 Å². The molecular formula is C7H3Br2F3. The summed E-state index contributed by atoms with van der Waals surface area (Å²) in [5.41, 5.74) is -1.24. The van der Waals surface area contributed by atoms with Crippen molar-refractivity contribution in [1.82, 2.24) is 0 Å². The zero-order chi connectivity index (χ0) is 12.0. The van der Waals surface area contributed by atoms with Gasteiger partial charge in [0.2, 0.25) is 0 Å². The monoisotopic (exact) mass is 305 g/mol. The van der Waals surface area contributed by atoms with Crippen molar-refractivity contribution in [2.24, 2.45) is 0 Å². The van der Waals surface area contributed by atoms with E-state index in [9.17, 15) is 13.2 Å². The van der Waals surface area contributed by atoms with E-state index < -0.39 is 34.3 Å². The van der Waals surface area contributed by atoms with E-state index in [1.54, 1.807) is 0 Å². The van der Waals surface area contributed by atoms with Gasteiger partial charge in [0.05, 0.1) is 9.68 Å². The molecule has 0 nitrogen and oxygen atoms in total. The molecule has 1 aromatic rings. The van der Waals surface area contributed by atoms with Crippen LogP contribution in [-0.2, 0) is 6.18 Å². The second-order valence-corrected chi connectivity index (χ2v) is 3.46. The van der Waals surface area contributed by atoms with Crippen molar-refractivity contribution in [3.8, 4) is 0 Å². The van der Waals surface area contributed by atoms with Gasteiger partial charge in [0.15, 0.2) is 0 Å². The average Bonchev–Trinajstić information content (AvgIpc) is 2.09. The molecule has 1 rings (SSSR count). The van der Waals surface area contributed by atoms with Crippen molar-refractivity contribution in [2.75, 3.05) is 0 Å². The molecular weight excluding hydrogens is 301 g/mol. The molecule has 0 saturated heterocycles. The number of alkyl halides is 3. The van der Waals surface area contributed by atoms with E-state index in [4.69, 9.17) is 4.11 Å². The third-order valence-electron chi connectivity index (χ3n) is 1.06. The quantitative estimate of drug-likeness (QED) is 0.673. The summed E-state index contributed by atoms with van der Waals surface area (Å²) in [4.78, 5) is 0. The number of hydrogen-bond acceptors (Lipinski definition) is 0. The second-order valence-electron chi connectivity index (χ2n) is 1.88. The van der Waals surface area contributed by atoms with Gasteiger partial charge in [-0.2, -0.15) is 13.2 Å². The highest BCUT2D eigenvalue weighted by molar-refractivity contribution is 9.13. The predicted molar refractivity (Wildman–Crippen MR) is 46.8 cm³/mol. The minimum atomic E-state index is -4.72. The van der Waals surface area contributed by atoms with Crippen molar-refractivity contribution in [3.63, 3.8) is 0 Å². The first kappa shape index (κ1) is 6.43. The Hall–Kier alpha value is -0.0300. The molecule has 1 aromatic carbocycles. The maximum absolute atomic E-state index is 12.5. The summed E-state index contributed by atoms with van der Waals surface area (Å²) in [6, 6.07) is -2.19. The van der Waals surface area contributed by atoms with Crippen LogP contribution in [0.25, 0.3) is 0 Å². The maximum atomic E-state index is 12.5. The molecule has 0 radical (unpaired) electrons. The van der Waals surface area contributed by atoms with E-state index in [1.165, 1.54) is 0 Å². The van der Waals surface area contributed by atoms with Gasteiger partial charge in [0.25, 0.3) is 0 Å². The molecule has 0 aliphatic rings. The molecule has 0 heterocycles. The van der Waals surface area contributed by atoms with Crippen molar-refractivity contribution in [2.45, 2.75) is 6.18 Å². The lowest BCUT2D eigenvalue weighted by molar-refractivity contribution is -0.138. The summed E-state index contributed by atoms with van der Waals surface area (Å²) in [5, 5.41) is 0. The van der Waals surface area contributed by atoms with Gasteiger partial charge in [-0.15, -0.1) is 0 Å². The molecule has 0 amide bonds. The van der Waals surface area contributed by atoms with Crippen molar-refractivity contribution < 1.29 is 17.3 Å². The maximum Gasteiger partial charge on any atom is 0.417 e. The van der Waals surface area contributed by atoms with Gasteiger partial charge >= 0.3 is 6.18 Å². The summed E-state index contributed by atoms with van der Waals surface area (Å²) in [5.74, 6) is 0. The van der Waals surface area contributed by atoms with E-state index in [-0.39, 0.29) is 4.47 Å². The lowest BCUT2D eigenvalue weighted by Crippen LogP contribution is -2.05. The topological polar surface area (TPSA) is 0 Å². The van der Waals surface area contributed by atoms with Crippen LogP contribution >= 0.6 is 31.9 Å². The number of halogens is 5. The van der Waals surface area contributed by atoms with Crippen molar-refractivity contribution in [1.29, 1.82) is 0 Å². The smallest absolute Gasteiger partial charge is 0.166 e. The van der Waals surface area contributed by atoms with Crippen LogP contribution in [0.3, 0.4) is 0 Å². The van der Waals surface area contributed by atoms with Crippen molar-refractivity contribution >= 4 is 31.9 Å². The predicted octanol–water partition coefficient (Wildman–Crippen LogP) is 4.23. The highest BCUT2D eigenvalue weighted by Gasteiger charge is 2.33. The van der Waals surface area contributed by atoms with E-state index in [1.807, 2.05) is 0 Å². The minimum absolute atomic E-state index is 0.171. The van der Waals surface area contributed by atoms with Crippen LogP contribution in [0.2, 0.25) is 0 Å². The van der Waals surface area contributed by atoms with Gasteiger partial charge in [0, 0.05) is 8.95 Å². The third kappa shape index (κ3) is 2.01. The summed E-state index contributed by atoms with van der Waals surface area (Å²) >= 11 is 5.43. The van der Waals surface area contributed by atoms with Crippen LogP contribution in [0.4, 0.5) is 13.2 Å². The molecule has 0 atom stereocenters. The lowest BCUT2D eigenvalue weighted by atomic mass is 10.2. The third-order valence-corrected chi connectivity index (χ3v) is 2.98. The molecule has 0 aliphatic carbocycles. The summed E-state index contributed by atoms with van der Waals surface area (Å²) in [6.07, 6.45) is -4.72. The van der Waals surface area contributed by atoms with E-state index in [0.29, 0.717) is 0 Å². The Morgan fingerprint density at radius 1 is 1.25 bits per heavy atom.